The third-order valence-electron chi connectivity index (χ3n) is 1.84. The van der Waals surface area contributed by atoms with Gasteiger partial charge in [-0.25, -0.2) is 4.98 Å². The van der Waals surface area contributed by atoms with Crippen LogP contribution >= 0.6 is 23.1 Å². The molecule has 0 atom stereocenters. The summed E-state index contributed by atoms with van der Waals surface area (Å²) >= 11 is 3.42. The van der Waals surface area contributed by atoms with Crippen molar-refractivity contribution in [2.75, 3.05) is 5.75 Å². The van der Waals surface area contributed by atoms with Crippen LogP contribution in [-0.4, -0.2) is 16.5 Å². The SMILES string of the molecule is CC(=O)c1sc(CSCC(C)C)nc1C. The molecule has 0 aliphatic heterocycles. The summed E-state index contributed by atoms with van der Waals surface area (Å²) in [6, 6.07) is 0. The summed E-state index contributed by atoms with van der Waals surface area (Å²) in [6.45, 7) is 7.93. The van der Waals surface area contributed by atoms with Crippen LogP contribution in [0.4, 0.5) is 0 Å². The Labute approximate surface area is 99.5 Å². The van der Waals surface area contributed by atoms with Crippen molar-refractivity contribution in [1.29, 1.82) is 0 Å². The first-order valence-corrected chi connectivity index (χ1v) is 7.02. The number of thioether (sulfide) groups is 1. The van der Waals surface area contributed by atoms with E-state index in [1.54, 1.807) is 6.92 Å². The molecule has 0 aliphatic rings. The van der Waals surface area contributed by atoms with Crippen molar-refractivity contribution in [2.45, 2.75) is 33.4 Å². The Morgan fingerprint density at radius 3 is 2.67 bits per heavy atom. The number of thiazole rings is 1. The molecule has 4 heteroatoms. The first-order chi connectivity index (χ1) is 7.00. The summed E-state index contributed by atoms with van der Waals surface area (Å²) in [5, 5.41) is 1.07. The third kappa shape index (κ3) is 3.95. The lowest BCUT2D eigenvalue weighted by Crippen LogP contribution is -1.91. The van der Waals surface area contributed by atoms with Crippen LogP contribution in [0.3, 0.4) is 0 Å². The van der Waals surface area contributed by atoms with Crippen molar-refractivity contribution in [1.82, 2.24) is 4.98 Å². The number of aryl methyl sites for hydroxylation is 1. The van der Waals surface area contributed by atoms with Crippen molar-refractivity contribution in [2.24, 2.45) is 5.92 Å². The monoisotopic (exact) mass is 243 g/mol. The molecule has 0 aromatic carbocycles. The summed E-state index contributed by atoms with van der Waals surface area (Å²) in [7, 11) is 0. The Morgan fingerprint density at radius 1 is 1.53 bits per heavy atom. The van der Waals surface area contributed by atoms with Gasteiger partial charge in [-0.2, -0.15) is 11.8 Å². The molecule has 0 fully saturated rings. The molecule has 15 heavy (non-hydrogen) atoms. The van der Waals surface area contributed by atoms with Crippen LogP contribution in [0.5, 0.6) is 0 Å². The van der Waals surface area contributed by atoms with E-state index in [1.165, 1.54) is 11.3 Å². The summed E-state index contributed by atoms with van der Waals surface area (Å²) in [6.07, 6.45) is 0. The van der Waals surface area contributed by atoms with E-state index in [4.69, 9.17) is 0 Å². The predicted octanol–water partition coefficient (Wildman–Crippen LogP) is 3.54. The fourth-order valence-corrected chi connectivity index (χ4v) is 3.29. The maximum Gasteiger partial charge on any atom is 0.171 e. The van der Waals surface area contributed by atoms with E-state index in [9.17, 15) is 4.79 Å². The van der Waals surface area contributed by atoms with Gasteiger partial charge in [-0.1, -0.05) is 13.8 Å². The van der Waals surface area contributed by atoms with E-state index in [1.807, 2.05) is 18.7 Å². The number of ketones is 1. The van der Waals surface area contributed by atoms with Crippen molar-refractivity contribution in [3.05, 3.63) is 15.6 Å². The molecule has 0 N–H and O–H groups in total. The zero-order valence-electron chi connectivity index (χ0n) is 9.66. The molecule has 2 nitrogen and oxygen atoms in total. The highest BCUT2D eigenvalue weighted by molar-refractivity contribution is 7.98. The van der Waals surface area contributed by atoms with E-state index >= 15 is 0 Å². The first-order valence-electron chi connectivity index (χ1n) is 5.05. The molecule has 84 valence electrons. The first kappa shape index (κ1) is 12.7. The van der Waals surface area contributed by atoms with Gasteiger partial charge >= 0.3 is 0 Å². The van der Waals surface area contributed by atoms with Crippen LogP contribution in [0, 0.1) is 12.8 Å². The summed E-state index contributed by atoms with van der Waals surface area (Å²) in [5.74, 6) is 2.92. The molecule has 0 bridgehead atoms. The number of aromatic nitrogens is 1. The van der Waals surface area contributed by atoms with Crippen molar-refractivity contribution in [3.8, 4) is 0 Å². The minimum atomic E-state index is 0.130. The second kappa shape index (κ2) is 5.66. The molecule has 1 aromatic heterocycles. The van der Waals surface area contributed by atoms with Crippen LogP contribution in [0.15, 0.2) is 0 Å². The minimum Gasteiger partial charge on any atom is -0.294 e. The second-order valence-corrected chi connectivity index (χ2v) is 6.10. The fourth-order valence-electron chi connectivity index (χ4n) is 1.22. The van der Waals surface area contributed by atoms with Crippen LogP contribution in [-0.2, 0) is 5.75 Å². The molecule has 0 saturated heterocycles. The Hall–Kier alpha value is -0.350. The van der Waals surface area contributed by atoms with Gasteiger partial charge in [0.25, 0.3) is 0 Å². The van der Waals surface area contributed by atoms with E-state index in [0.29, 0.717) is 5.92 Å². The van der Waals surface area contributed by atoms with Crippen molar-refractivity contribution >= 4 is 28.9 Å². The number of hydrogen-bond acceptors (Lipinski definition) is 4. The second-order valence-electron chi connectivity index (χ2n) is 3.99. The fraction of sp³-hybridized carbons (Fsp3) is 0.636. The highest BCUT2D eigenvalue weighted by Crippen LogP contribution is 2.23. The molecule has 0 amide bonds. The largest absolute Gasteiger partial charge is 0.294 e. The number of nitrogens with zero attached hydrogens (tertiary/aromatic N) is 1. The zero-order valence-corrected chi connectivity index (χ0v) is 11.3. The lowest BCUT2D eigenvalue weighted by atomic mass is 10.3. The average molecular weight is 243 g/mol. The van der Waals surface area contributed by atoms with Gasteiger partial charge in [0.15, 0.2) is 5.78 Å². The highest BCUT2D eigenvalue weighted by atomic mass is 32.2. The molecule has 0 spiro atoms. The normalized spacial score (nSPS) is 11.0. The highest BCUT2D eigenvalue weighted by Gasteiger charge is 2.11. The van der Waals surface area contributed by atoms with Gasteiger partial charge in [-0.3, -0.25) is 4.79 Å². The lowest BCUT2D eigenvalue weighted by Gasteiger charge is -2.01. The maximum absolute atomic E-state index is 11.2. The Balaban J connectivity index is 2.56. The van der Waals surface area contributed by atoms with Gasteiger partial charge in [-0.15, -0.1) is 11.3 Å². The molecule has 1 rings (SSSR count). The van der Waals surface area contributed by atoms with Gasteiger partial charge in [0.05, 0.1) is 10.6 Å². The van der Waals surface area contributed by atoms with Crippen LogP contribution in [0.2, 0.25) is 0 Å². The van der Waals surface area contributed by atoms with Gasteiger partial charge in [0.1, 0.15) is 5.01 Å². The summed E-state index contributed by atoms with van der Waals surface area (Å²) in [4.78, 5) is 16.4. The zero-order chi connectivity index (χ0) is 11.4. The molecule has 1 heterocycles. The van der Waals surface area contributed by atoms with Crippen LogP contribution in [0.1, 0.15) is 41.1 Å². The van der Waals surface area contributed by atoms with Crippen LogP contribution in [0.25, 0.3) is 0 Å². The van der Waals surface area contributed by atoms with Gasteiger partial charge in [0, 0.05) is 12.7 Å². The average Bonchev–Trinajstić information content (AvgIpc) is 2.46. The predicted molar refractivity (Wildman–Crippen MR) is 67.9 cm³/mol. The standard InChI is InChI=1S/C11H17NOS2/c1-7(2)5-14-6-10-12-8(3)11(15-10)9(4)13/h7H,5-6H2,1-4H3. The topological polar surface area (TPSA) is 30.0 Å². The molecular weight excluding hydrogens is 226 g/mol. The summed E-state index contributed by atoms with van der Waals surface area (Å²) in [5.41, 5.74) is 0.882. The Bertz CT molecular complexity index is 344. The van der Waals surface area contributed by atoms with Crippen molar-refractivity contribution < 1.29 is 4.79 Å². The molecule has 0 radical (unpaired) electrons. The van der Waals surface area contributed by atoms with Gasteiger partial charge in [-0.05, 0) is 18.6 Å². The number of hydrogen-bond donors (Lipinski definition) is 0. The quantitative estimate of drug-likeness (QED) is 0.741. The van der Waals surface area contributed by atoms with E-state index in [2.05, 4.69) is 18.8 Å². The van der Waals surface area contributed by atoms with E-state index in [0.717, 1.165) is 27.1 Å². The smallest absolute Gasteiger partial charge is 0.171 e. The lowest BCUT2D eigenvalue weighted by molar-refractivity contribution is 0.102. The third-order valence-corrected chi connectivity index (χ3v) is 4.66. The van der Waals surface area contributed by atoms with E-state index in [-0.39, 0.29) is 5.78 Å². The van der Waals surface area contributed by atoms with Crippen molar-refractivity contribution in [3.63, 3.8) is 0 Å². The minimum absolute atomic E-state index is 0.130. The molecule has 0 saturated carbocycles. The maximum atomic E-state index is 11.2. The molecular formula is C11H17NOS2. The summed E-state index contributed by atoms with van der Waals surface area (Å²) < 4.78 is 0. The number of rotatable bonds is 5. The Kier molecular flexibility index (Phi) is 4.80. The van der Waals surface area contributed by atoms with Crippen LogP contribution < -0.4 is 0 Å². The number of carbonyl (C=O) groups excluding carboxylic acids is 1. The molecule has 0 unspecified atom stereocenters. The van der Waals surface area contributed by atoms with E-state index < -0.39 is 0 Å². The van der Waals surface area contributed by atoms with Gasteiger partial charge < -0.3 is 0 Å². The van der Waals surface area contributed by atoms with Gasteiger partial charge in [0.2, 0.25) is 0 Å². The molecule has 0 aliphatic carbocycles. The Morgan fingerprint density at radius 2 is 2.20 bits per heavy atom. The number of carbonyl (C=O) groups is 1. The number of Topliss-reactive ketones (excluding diaryl/α,β-unsaturated/α-hetero) is 1. The molecule has 1 aromatic rings.